The Hall–Kier alpha value is -1.46. The lowest BCUT2D eigenvalue weighted by molar-refractivity contribution is 0.519. The van der Waals surface area contributed by atoms with Gasteiger partial charge in [0.15, 0.2) is 0 Å². The average Bonchev–Trinajstić information content (AvgIpc) is 2.80. The Morgan fingerprint density at radius 1 is 1.24 bits per heavy atom. The molecule has 0 amide bonds. The molecule has 0 fully saturated rings. The summed E-state index contributed by atoms with van der Waals surface area (Å²) in [5, 5.41) is 7.95. The molecule has 0 saturated carbocycles. The van der Waals surface area contributed by atoms with Gasteiger partial charge in [-0.3, -0.25) is 4.68 Å². The second kappa shape index (κ2) is 7.00. The Kier molecular flexibility index (Phi) is 5.31. The van der Waals surface area contributed by atoms with E-state index in [0.29, 0.717) is 23.7 Å². The molecule has 1 aromatic heterocycles. The molecule has 0 aliphatic heterocycles. The van der Waals surface area contributed by atoms with Crippen molar-refractivity contribution < 1.29 is 8.78 Å². The van der Waals surface area contributed by atoms with Crippen LogP contribution in [-0.4, -0.2) is 16.3 Å². The van der Waals surface area contributed by atoms with Gasteiger partial charge in [0.25, 0.3) is 0 Å². The van der Waals surface area contributed by atoms with E-state index in [4.69, 9.17) is 11.6 Å². The second-order valence-electron chi connectivity index (χ2n) is 4.78. The molecule has 2 aromatic rings. The first-order valence-corrected chi connectivity index (χ1v) is 7.35. The zero-order valence-corrected chi connectivity index (χ0v) is 12.8. The van der Waals surface area contributed by atoms with E-state index in [9.17, 15) is 8.78 Å². The highest BCUT2D eigenvalue weighted by Crippen LogP contribution is 2.29. The third kappa shape index (κ3) is 3.60. The Morgan fingerprint density at radius 3 is 2.48 bits per heavy atom. The maximum absolute atomic E-state index is 13.5. The predicted molar refractivity (Wildman–Crippen MR) is 79.4 cm³/mol. The molecule has 0 saturated heterocycles. The zero-order chi connectivity index (χ0) is 15.4. The quantitative estimate of drug-likeness (QED) is 0.876. The molecule has 1 atom stereocenters. The molecule has 1 unspecified atom stereocenters. The largest absolute Gasteiger partial charge is 0.305 e. The summed E-state index contributed by atoms with van der Waals surface area (Å²) in [4.78, 5) is 0. The number of benzene rings is 1. The Bertz CT molecular complexity index is 593. The average molecular weight is 314 g/mol. The molecule has 0 radical (unpaired) electrons. The third-order valence-corrected chi connectivity index (χ3v) is 3.51. The minimum Gasteiger partial charge on any atom is -0.305 e. The maximum atomic E-state index is 13.5. The number of rotatable bonds is 6. The van der Waals surface area contributed by atoms with Gasteiger partial charge in [-0.2, -0.15) is 5.10 Å². The maximum Gasteiger partial charge on any atom is 0.126 e. The predicted octanol–water partition coefficient (Wildman–Crippen LogP) is 3.92. The third-order valence-electron chi connectivity index (χ3n) is 3.22. The number of aromatic nitrogens is 2. The lowest BCUT2D eigenvalue weighted by Gasteiger charge is -2.21. The van der Waals surface area contributed by atoms with Crippen LogP contribution in [0.25, 0.3) is 0 Å². The van der Waals surface area contributed by atoms with E-state index in [2.05, 4.69) is 10.4 Å². The smallest absolute Gasteiger partial charge is 0.126 e. The normalized spacial score (nSPS) is 12.6. The van der Waals surface area contributed by atoms with Crippen molar-refractivity contribution >= 4 is 11.6 Å². The number of aryl methyl sites for hydroxylation is 1. The van der Waals surface area contributed by atoms with Gasteiger partial charge in [0.05, 0.1) is 23.0 Å². The van der Waals surface area contributed by atoms with Crippen molar-refractivity contribution in [3.63, 3.8) is 0 Å². The molecule has 0 aliphatic rings. The van der Waals surface area contributed by atoms with E-state index in [-0.39, 0.29) is 0 Å². The summed E-state index contributed by atoms with van der Waals surface area (Å²) < 4.78 is 28.8. The number of nitrogens with zero attached hydrogens (tertiary/aromatic N) is 2. The highest BCUT2D eigenvalue weighted by molar-refractivity contribution is 6.31. The fraction of sp³-hybridized carbons (Fsp3) is 0.400. The van der Waals surface area contributed by atoms with E-state index in [1.165, 1.54) is 12.1 Å². The van der Waals surface area contributed by atoms with Crippen molar-refractivity contribution in [1.82, 2.24) is 15.1 Å². The number of nitrogens with one attached hydrogen (secondary N) is 1. The van der Waals surface area contributed by atoms with Crippen LogP contribution in [0.5, 0.6) is 0 Å². The van der Waals surface area contributed by atoms with Crippen molar-refractivity contribution in [2.75, 3.05) is 6.54 Å². The van der Waals surface area contributed by atoms with Gasteiger partial charge in [-0.15, -0.1) is 0 Å². The lowest BCUT2D eigenvalue weighted by Crippen LogP contribution is -2.26. The lowest BCUT2D eigenvalue weighted by atomic mass is 10.0. The molecule has 0 bridgehead atoms. The first kappa shape index (κ1) is 15.9. The van der Waals surface area contributed by atoms with Gasteiger partial charge in [-0.1, -0.05) is 18.5 Å². The summed E-state index contributed by atoms with van der Waals surface area (Å²) in [6.45, 7) is 5.29. The van der Waals surface area contributed by atoms with Crippen molar-refractivity contribution in [3.8, 4) is 0 Å². The number of hydrogen-bond acceptors (Lipinski definition) is 2. The molecular formula is C15H18ClF2N3. The summed E-state index contributed by atoms with van der Waals surface area (Å²) in [6.07, 6.45) is 2.45. The van der Waals surface area contributed by atoms with Crippen LogP contribution < -0.4 is 5.32 Å². The molecule has 0 spiro atoms. The van der Waals surface area contributed by atoms with Crippen LogP contribution in [0.2, 0.25) is 5.02 Å². The topological polar surface area (TPSA) is 29.9 Å². The van der Waals surface area contributed by atoms with Gasteiger partial charge in [0.1, 0.15) is 11.6 Å². The van der Waals surface area contributed by atoms with E-state index < -0.39 is 17.7 Å². The molecule has 1 heterocycles. The summed E-state index contributed by atoms with van der Waals surface area (Å²) in [5.41, 5.74) is 1.22. The molecular weight excluding hydrogens is 296 g/mol. The standard InChI is InChI=1S/C15H18ClF2N3/c1-3-5-19-14(10-6-11(17)8-12(18)7-10)15-13(16)9-20-21(15)4-2/h6-9,14,19H,3-5H2,1-2H3. The molecule has 2 rings (SSSR count). The minimum absolute atomic E-state index is 0.398. The molecule has 1 aromatic carbocycles. The SMILES string of the molecule is CCCNC(c1cc(F)cc(F)c1)c1c(Cl)cnn1CC. The van der Waals surface area contributed by atoms with Crippen molar-refractivity contribution in [3.05, 3.63) is 52.3 Å². The summed E-state index contributed by atoms with van der Waals surface area (Å²) in [5.74, 6) is -1.21. The van der Waals surface area contributed by atoms with Crippen LogP contribution in [0.15, 0.2) is 24.4 Å². The fourth-order valence-electron chi connectivity index (χ4n) is 2.31. The van der Waals surface area contributed by atoms with E-state index in [0.717, 1.165) is 18.2 Å². The van der Waals surface area contributed by atoms with Crippen LogP contribution >= 0.6 is 11.6 Å². The zero-order valence-electron chi connectivity index (χ0n) is 12.0. The molecule has 3 nitrogen and oxygen atoms in total. The Balaban J connectivity index is 2.49. The van der Waals surface area contributed by atoms with Gasteiger partial charge in [-0.05, 0) is 37.6 Å². The summed E-state index contributed by atoms with van der Waals surface area (Å²) >= 11 is 6.22. The first-order chi connectivity index (χ1) is 10.1. The number of hydrogen-bond donors (Lipinski definition) is 1. The Morgan fingerprint density at radius 2 is 1.90 bits per heavy atom. The van der Waals surface area contributed by atoms with Crippen LogP contribution in [0.4, 0.5) is 8.78 Å². The van der Waals surface area contributed by atoms with Crippen LogP contribution in [0.3, 0.4) is 0 Å². The van der Waals surface area contributed by atoms with Crippen LogP contribution in [0, 0.1) is 11.6 Å². The monoisotopic (exact) mass is 313 g/mol. The van der Waals surface area contributed by atoms with E-state index in [1.54, 1.807) is 10.9 Å². The summed E-state index contributed by atoms with van der Waals surface area (Å²) in [7, 11) is 0. The first-order valence-electron chi connectivity index (χ1n) is 6.97. The van der Waals surface area contributed by atoms with Gasteiger partial charge < -0.3 is 5.32 Å². The van der Waals surface area contributed by atoms with Crippen LogP contribution in [0.1, 0.15) is 37.6 Å². The summed E-state index contributed by atoms with van der Waals surface area (Å²) in [6, 6.07) is 3.10. The number of halogens is 3. The van der Waals surface area contributed by atoms with E-state index >= 15 is 0 Å². The highest BCUT2D eigenvalue weighted by Gasteiger charge is 2.22. The van der Waals surface area contributed by atoms with E-state index in [1.807, 2.05) is 13.8 Å². The minimum atomic E-state index is -0.605. The Labute approximate surface area is 127 Å². The molecule has 114 valence electrons. The van der Waals surface area contributed by atoms with Crippen molar-refractivity contribution in [2.24, 2.45) is 0 Å². The molecule has 0 aliphatic carbocycles. The molecule has 1 N–H and O–H groups in total. The van der Waals surface area contributed by atoms with Gasteiger partial charge in [0, 0.05) is 12.6 Å². The van der Waals surface area contributed by atoms with Gasteiger partial charge in [0.2, 0.25) is 0 Å². The van der Waals surface area contributed by atoms with Crippen molar-refractivity contribution in [2.45, 2.75) is 32.9 Å². The fourth-order valence-corrected chi connectivity index (χ4v) is 2.56. The second-order valence-corrected chi connectivity index (χ2v) is 5.19. The van der Waals surface area contributed by atoms with Crippen molar-refractivity contribution in [1.29, 1.82) is 0 Å². The van der Waals surface area contributed by atoms with Gasteiger partial charge >= 0.3 is 0 Å². The van der Waals surface area contributed by atoms with Gasteiger partial charge in [-0.25, -0.2) is 8.78 Å². The molecule has 21 heavy (non-hydrogen) atoms. The highest BCUT2D eigenvalue weighted by atomic mass is 35.5. The molecule has 6 heteroatoms. The van der Waals surface area contributed by atoms with Crippen LogP contribution in [-0.2, 0) is 6.54 Å².